The van der Waals surface area contributed by atoms with E-state index in [0.29, 0.717) is 10.6 Å². The van der Waals surface area contributed by atoms with Crippen LogP contribution in [0, 0.1) is 5.92 Å². The number of rotatable bonds is 5. The van der Waals surface area contributed by atoms with Crippen LogP contribution in [-0.2, 0) is 0 Å². The highest BCUT2D eigenvalue weighted by molar-refractivity contribution is 6.30. The molecule has 4 heteroatoms. The molecule has 0 spiro atoms. The highest BCUT2D eigenvalue weighted by Gasteiger charge is 2.12. The highest BCUT2D eigenvalue weighted by Crippen LogP contribution is 2.26. The van der Waals surface area contributed by atoms with E-state index in [4.69, 9.17) is 11.6 Å². The highest BCUT2D eigenvalue weighted by atomic mass is 35.5. The monoisotopic (exact) mass is 394 g/mol. The molecule has 2 aromatic rings. The molecule has 1 aliphatic rings. The van der Waals surface area contributed by atoms with Gasteiger partial charge in [-0.1, -0.05) is 56.2 Å². The van der Waals surface area contributed by atoms with Gasteiger partial charge in [-0.25, -0.2) is 4.99 Å². The van der Waals surface area contributed by atoms with Crippen molar-refractivity contribution < 1.29 is 4.79 Å². The average molecular weight is 395 g/mol. The quantitative estimate of drug-likeness (QED) is 0.256. The zero-order chi connectivity index (χ0) is 20.5. The van der Waals surface area contributed by atoms with Crippen molar-refractivity contribution in [2.75, 3.05) is 5.32 Å². The second-order valence-electron chi connectivity index (χ2n) is 6.93. The molecule has 0 aliphatic heterocycles. The van der Waals surface area contributed by atoms with E-state index in [-0.39, 0.29) is 5.78 Å². The Labute approximate surface area is 172 Å². The number of hydrogen-bond acceptors (Lipinski definition) is 2. The number of nitrogens with zero attached hydrogens (tertiary/aromatic N) is 1. The summed E-state index contributed by atoms with van der Waals surface area (Å²) in [6, 6.07) is 14.8. The number of hydrogen-bond donors (Lipinski definition) is 1. The van der Waals surface area contributed by atoms with Gasteiger partial charge in [0.2, 0.25) is 0 Å². The number of benzene rings is 2. The lowest BCUT2D eigenvalue weighted by Crippen LogP contribution is -2.07. The van der Waals surface area contributed by atoms with Crippen LogP contribution in [-0.4, -0.2) is 11.6 Å². The number of anilines is 1. The van der Waals surface area contributed by atoms with E-state index in [0.717, 1.165) is 28.7 Å². The zero-order valence-electron chi connectivity index (χ0n) is 16.7. The van der Waals surface area contributed by atoms with Crippen LogP contribution in [0.2, 0.25) is 5.02 Å². The maximum atomic E-state index is 11.3. The first-order chi connectivity index (χ1) is 13.4. The minimum atomic E-state index is 0.0471. The summed E-state index contributed by atoms with van der Waals surface area (Å²) >= 11 is 5.93. The molecule has 3 nitrogen and oxygen atoms in total. The van der Waals surface area contributed by atoms with Gasteiger partial charge < -0.3 is 5.32 Å². The van der Waals surface area contributed by atoms with Crippen LogP contribution in [0.25, 0.3) is 5.70 Å². The van der Waals surface area contributed by atoms with Crippen LogP contribution in [0.1, 0.15) is 49.5 Å². The van der Waals surface area contributed by atoms with Crippen LogP contribution < -0.4 is 5.32 Å². The average Bonchev–Trinajstić information content (AvgIpc) is 3.45. The van der Waals surface area contributed by atoms with Crippen molar-refractivity contribution in [2.24, 2.45) is 10.9 Å². The molecule has 0 atom stereocenters. The summed E-state index contributed by atoms with van der Waals surface area (Å²) < 4.78 is 0. The Hall–Kier alpha value is -2.65. The predicted molar refractivity (Wildman–Crippen MR) is 121 cm³/mol. The maximum absolute atomic E-state index is 11.3. The molecule has 0 aromatic heterocycles. The first-order valence-electron chi connectivity index (χ1n) is 9.41. The normalized spacial score (nSPS) is 14.0. The molecular weight excluding hydrogens is 368 g/mol. The van der Waals surface area contributed by atoms with E-state index < -0.39 is 0 Å². The fraction of sp³-hybridized carbons (Fsp3) is 0.250. The second kappa shape index (κ2) is 10.6. The third-order valence-electron chi connectivity index (χ3n) is 4.19. The van der Waals surface area contributed by atoms with E-state index in [2.05, 4.69) is 23.8 Å². The summed E-state index contributed by atoms with van der Waals surface area (Å²) in [7, 11) is 0. The van der Waals surface area contributed by atoms with Crippen LogP contribution in [0.15, 0.2) is 72.3 Å². The summed E-state index contributed by atoms with van der Waals surface area (Å²) in [6.45, 7) is 9.44. The maximum Gasteiger partial charge on any atom is 0.159 e. The fourth-order valence-electron chi connectivity index (χ4n) is 2.30. The summed E-state index contributed by atoms with van der Waals surface area (Å²) in [5.41, 5.74) is 3.29. The van der Waals surface area contributed by atoms with Gasteiger partial charge in [-0.3, -0.25) is 4.79 Å². The number of amidine groups is 1. The van der Waals surface area contributed by atoms with Crippen molar-refractivity contribution in [3.63, 3.8) is 0 Å². The van der Waals surface area contributed by atoms with Crippen LogP contribution in [0.3, 0.4) is 0 Å². The standard InChI is InChI=1S/C20H19ClN2O.C4H8/c1-4-5-20(17-6-10-18(21)11-7-17)23-15(3)22-19-12-8-16(9-13-19)14(2)24;1-4-2-3-4/h4-13H,1H2,2-3H3,(H,22,23);4H,2-3H2,1H3/b20-5-;. The minimum Gasteiger partial charge on any atom is -0.344 e. The molecule has 1 N–H and O–H groups in total. The Bertz CT molecular complexity index is 860. The van der Waals surface area contributed by atoms with E-state index in [1.54, 1.807) is 25.1 Å². The van der Waals surface area contributed by atoms with Crippen LogP contribution in [0.4, 0.5) is 5.69 Å². The van der Waals surface area contributed by atoms with Crippen molar-refractivity contribution >= 4 is 34.6 Å². The van der Waals surface area contributed by atoms with Crippen LogP contribution in [0.5, 0.6) is 0 Å². The number of carbonyl (C=O) groups excluding carboxylic acids is 1. The number of carbonyl (C=O) groups is 1. The number of allylic oxidation sites excluding steroid dienone is 2. The van der Waals surface area contributed by atoms with Crippen molar-refractivity contribution in [1.82, 2.24) is 0 Å². The van der Waals surface area contributed by atoms with Gasteiger partial charge in [0.25, 0.3) is 0 Å². The number of aliphatic imine (C=N–C) groups is 1. The molecule has 0 unspecified atom stereocenters. The van der Waals surface area contributed by atoms with Crippen molar-refractivity contribution in [3.05, 3.63) is 83.4 Å². The summed E-state index contributed by atoms with van der Waals surface area (Å²) in [6.07, 6.45) is 6.51. The lowest BCUT2D eigenvalue weighted by Gasteiger charge is -2.08. The van der Waals surface area contributed by atoms with Gasteiger partial charge in [0, 0.05) is 21.8 Å². The Morgan fingerprint density at radius 3 is 2.07 bits per heavy atom. The number of Topliss-reactive ketones (excluding diaryl/α,β-unsaturated/α-hetero) is 1. The van der Waals surface area contributed by atoms with Gasteiger partial charge in [-0.15, -0.1) is 0 Å². The van der Waals surface area contributed by atoms with Gasteiger partial charge in [0.1, 0.15) is 5.84 Å². The molecule has 0 saturated heterocycles. The largest absolute Gasteiger partial charge is 0.344 e. The van der Waals surface area contributed by atoms with Gasteiger partial charge in [-0.2, -0.15) is 0 Å². The summed E-state index contributed by atoms with van der Waals surface area (Å²) in [5, 5.41) is 3.90. The number of ketones is 1. The zero-order valence-corrected chi connectivity index (χ0v) is 17.5. The van der Waals surface area contributed by atoms with Crippen molar-refractivity contribution in [1.29, 1.82) is 0 Å². The molecule has 1 saturated carbocycles. The lowest BCUT2D eigenvalue weighted by molar-refractivity contribution is 0.101. The molecule has 28 heavy (non-hydrogen) atoms. The Morgan fingerprint density at radius 2 is 1.61 bits per heavy atom. The van der Waals surface area contributed by atoms with Gasteiger partial charge in [-0.05, 0) is 62.2 Å². The molecule has 1 fully saturated rings. The Kier molecular flexibility index (Phi) is 8.21. The SMILES string of the molecule is C=C/C=C(\N=C(C)Nc1ccc(C(C)=O)cc1)c1ccc(Cl)cc1.CC1CC1. The first-order valence-corrected chi connectivity index (χ1v) is 9.79. The predicted octanol–water partition coefficient (Wildman–Crippen LogP) is 7.02. The van der Waals surface area contributed by atoms with E-state index >= 15 is 0 Å². The number of halogens is 1. The molecule has 0 bridgehead atoms. The molecule has 1 aliphatic carbocycles. The second-order valence-corrected chi connectivity index (χ2v) is 7.37. The smallest absolute Gasteiger partial charge is 0.159 e. The van der Waals surface area contributed by atoms with Crippen LogP contribution >= 0.6 is 11.6 Å². The fourth-order valence-corrected chi connectivity index (χ4v) is 2.43. The van der Waals surface area contributed by atoms with Gasteiger partial charge >= 0.3 is 0 Å². The first kappa shape index (κ1) is 21.6. The minimum absolute atomic E-state index is 0.0471. The molecule has 0 heterocycles. The van der Waals surface area contributed by atoms with Crippen molar-refractivity contribution in [3.8, 4) is 0 Å². The summed E-state index contributed by atoms with van der Waals surface area (Å²) in [4.78, 5) is 15.9. The number of nitrogens with one attached hydrogen (secondary N) is 1. The van der Waals surface area contributed by atoms with E-state index in [1.807, 2.05) is 49.4 Å². The Balaban J connectivity index is 0.000000620. The molecule has 146 valence electrons. The molecule has 0 radical (unpaired) electrons. The van der Waals surface area contributed by atoms with Gasteiger partial charge in [0.15, 0.2) is 5.78 Å². The lowest BCUT2D eigenvalue weighted by atomic mass is 10.1. The topological polar surface area (TPSA) is 41.5 Å². The molecular formula is C24H27ClN2O. The van der Waals surface area contributed by atoms with Gasteiger partial charge in [0.05, 0.1) is 5.70 Å². The third kappa shape index (κ3) is 7.53. The molecule has 3 rings (SSSR count). The molecule has 0 amide bonds. The van der Waals surface area contributed by atoms with Crippen molar-refractivity contribution in [2.45, 2.75) is 33.6 Å². The van der Waals surface area contributed by atoms with E-state index in [9.17, 15) is 4.79 Å². The Morgan fingerprint density at radius 1 is 1.07 bits per heavy atom. The summed E-state index contributed by atoms with van der Waals surface area (Å²) in [5.74, 6) is 1.86. The third-order valence-corrected chi connectivity index (χ3v) is 4.44. The van der Waals surface area contributed by atoms with E-state index in [1.165, 1.54) is 12.8 Å². The molecule has 2 aromatic carbocycles.